The van der Waals surface area contributed by atoms with Crippen molar-refractivity contribution in [2.24, 2.45) is 0 Å². The van der Waals surface area contributed by atoms with Gasteiger partial charge in [0.05, 0.1) is 0 Å². The first-order chi connectivity index (χ1) is 10.1. The summed E-state index contributed by atoms with van der Waals surface area (Å²) >= 11 is 11.4. The minimum atomic E-state index is 0.783. The van der Waals surface area contributed by atoms with Gasteiger partial charge in [0.1, 0.15) is 0 Å². The van der Waals surface area contributed by atoms with Gasteiger partial charge in [-0.15, -0.1) is 11.3 Å². The molecule has 0 saturated carbocycles. The highest BCUT2D eigenvalue weighted by Crippen LogP contribution is 2.31. The first-order valence-corrected chi connectivity index (χ1v) is 8.70. The Bertz CT molecular complexity index is 776. The highest BCUT2D eigenvalue weighted by molar-refractivity contribution is 9.10. The molecule has 3 aromatic rings. The lowest BCUT2D eigenvalue weighted by molar-refractivity contribution is 1.19. The van der Waals surface area contributed by atoms with Crippen molar-refractivity contribution in [1.29, 1.82) is 0 Å². The van der Waals surface area contributed by atoms with Gasteiger partial charge in [-0.3, -0.25) is 0 Å². The molecular formula is C18H14BrClS. The van der Waals surface area contributed by atoms with Gasteiger partial charge in [0.25, 0.3) is 0 Å². The third-order valence-corrected chi connectivity index (χ3v) is 5.31. The molecule has 0 bridgehead atoms. The monoisotopic (exact) mass is 376 g/mol. The number of hydrogen-bond donors (Lipinski definition) is 0. The van der Waals surface area contributed by atoms with Crippen molar-refractivity contribution >= 4 is 38.9 Å². The molecule has 0 saturated heterocycles. The minimum absolute atomic E-state index is 0.783. The molecule has 0 aliphatic heterocycles. The maximum absolute atomic E-state index is 6.07. The Morgan fingerprint density at radius 3 is 2.71 bits per heavy atom. The van der Waals surface area contributed by atoms with Crippen LogP contribution >= 0.6 is 38.9 Å². The van der Waals surface area contributed by atoms with Crippen LogP contribution in [0.3, 0.4) is 0 Å². The summed E-state index contributed by atoms with van der Waals surface area (Å²) in [5.74, 6) is 0. The van der Waals surface area contributed by atoms with Crippen molar-refractivity contribution in [2.45, 2.75) is 13.3 Å². The minimum Gasteiger partial charge on any atom is -0.140 e. The molecule has 1 aromatic heterocycles. The largest absolute Gasteiger partial charge is 0.140 e. The normalized spacial score (nSPS) is 10.8. The van der Waals surface area contributed by atoms with Crippen LogP contribution in [0.1, 0.15) is 16.0 Å². The van der Waals surface area contributed by atoms with E-state index in [9.17, 15) is 0 Å². The van der Waals surface area contributed by atoms with E-state index in [0.29, 0.717) is 0 Å². The molecule has 0 aliphatic rings. The second-order valence-corrected chi connectivity index (χ2v) is 7.54. The Kier molecular flexibility index (Phi) is 4.48. The molecule has 0 atom stereocenters. The summed E-state index contributed by atoms with van der Waals surface area (Å²) in [7, 11) is 0. The molecule has 0 spiro atoms. The Balaban J connectivity index is 1.87. The highest BCUT2D eigenvalue weighted by atomic mass is 79.9. The van der Waals surface area contributed by atoms with E-state index in [4.69, 9.17) is 11.6 Å². The predicted octanol–water partition coefficient (Wildman–Crippen LogP) is 6.73. The van der Waals surface area contributed by atoms with E-state index in [1.807, 2.05) is 29.5 Å². The smallest absolute Gasteiger partial charge is 0.0412 e. The van der Waals surface area contributed by atoms with E-state index in [-0.39, 0.29) is 0 Å². The van der Waals surface area contributed by atoms with Gasteiger partial charge in [-0.1, -0.05) is 45.7 Å². The van der Waals surface area contributed by atoms with Crippen LogP contribution in [-0.2, 0) is 6.42 Å². The summed E-state index contributed by atoms with van der Waals surface area (Å²) in [5.41, 5.74) is 3.88. The molecule has 0 nitrogen and oxygen atoms in total. The molecule has 0 N–H and O–H groups in total. The molecule has 106 valence electrons. The van der Waals surface area contributed by atoms with E-state index in [1.165, 1.54) is 26.4 Å². The molecule has 3 heteroatoms. The predicted molar refractivity (Wildman–Crippen MR) is 96.5 cm³/mol. The van der Waals surface area contributed by atoms with E-state index in [1.54, 1.807) is 0 Å². The zero-order valence-electron chi connectivity index (χ0n) is 11.6. The van der Waals surface area contributed by atoms with Crippen molar-refractivity contribution in [2.75, 3.05) is 0 Å². The van der Waals surface area contributed by atoms with Crippen LogP contribution in [0.25, 0.3) is 10.4 Å². The van der Waals surface area contributed by atoms with E-state index >= 15 is 0 Å². The highest BCUT2D eigenvalue weighted by Gasteiger charge is 2.06. The van der Waals surface area contributed by atoms with Gasteiger partial charge in [0, 0.05) is 25.7 Å². The van der Waals surface area contributed by atoms with E-state index in [0.717, 1.165) is 15.9 Å². The van der Waals surface area contributed by atoms with Gasteiger partial charge in [0.15, 0.2) is 0 Å². The Hall–Kier alpha value is -1.09. The van der Waals surface area contributed by atoms with E-state index < -0.39 is 0 Å². The second kappa shape index (κ2) is 6.35. The lowest BCUT2D eigenvalue weighted by Gasteiger charge is -2.05. The Labute approximate surface area is 142 Å². The second-order valence-electron chi connectivity index (χ2n) is 5.02. The van der Waals surface area contributed by atoms with E-state index in [2.05, 4.69) is 59.3 Å². The maximum atomic E-state index is 6.07. The number of halogens is 2. The zero-order chi connectivity index (χ0) is 14.8. The van der Waals surface area contributed by atoms with Crippen LogP contribution in [0.4, 0.5) is 0 Å². The SMILES string of the molecule is Cc1ccc(Br)cc1Cc1ccc(-c2cccc(Cl)c2)s1. The number of aryl methyl sites for hydroxylation is 1. The summed E-state index contributed by atoms with van der Waals surface area (Å²) in [6.07, 6.45) is 0.969. The molecule has 2 aromatic carbocycles. The van der Waals surface area contributed by atoms with Crippen LogP contribution < -0.4 is 0 Å². The van der Waals surface area contributed by atoms with Crippen molar-refractivity contribution in [3.63, 3.8) is 0 Å². The summed E-state index contributed by atoms with van der Waals surface area (Å²) in [6.45, 7) is 2.16. The summed E-state index contributed by atoms with van der Waals surface area (Å²) < 4.78 is 1.13. The summed E-state index contributed by atoms with van der Waals surface area (Å²) in [6, 6.07) is 18.9. The fourth-order valence-corrected chi connectivity index (χ4v) is 3.91. The van der Waals surface area contributed by atoms with Crippen molar-refractivity contribution in [3.8, 4) is 10.4 Å². The molecular weight excluding hydrogens is 364 g/mol. The van der Waals surface area contributed by atoms with Gasteiger partial charge >= 0.3 is 0 Å². The lowest BCUT2D eigenvalue weighted by Crippen LogP contribution is -1.89. The maximum Gasteiger partial charge on any atom is 0.0412 e. The fraction of sp³-hybridized carbons (Fsp3) is 0.111. The third kappa shape index (κ3) is 3.57. The topological polar surface area (TPSA) is 0 Å². The molecule has 1 heterocycles. The Morgan fingerprint density at radius 1 is 1.05 bits per heavy atom. The molecule has 0 aliphatic carbocycles. The van der Waals surface area contributed by atoms with Crippen molar-refractivity contribution < 1.29 is 0 Å². The summed E-state index contributed by atoms with van der Waals surface area (Å²) in [4.78, 5) is 2.63. The third-order valence-electron chi connectivity index (χ3n) is 3.45. The number of hydrogen-bond acceptors (Lipinski definition) is 1. The quantitative estimate of drug-likeness (QED) is 0.474. The van der Waals surface area contributed by atoms with Crippen molar-refractivity contribution in [1.82, 2.24) is 0 Å². The molecule has 3 rings (SSSR count). The van der Waals surface area contributed by atoms with Crippen LogP contribution in [0.15, 0.2) is 59.1 Å². The average Bonchev–Trinajstić information content (AvgIpc) is 2.91. The van der Waals surface area contributed by atoms with Gasteiger partial charge < -0.3 is 0 Å². The van der Waals surface area contributed by atoms with Crippen LogP contribution in [-0.4, -0.2) is 0 Å². The molecule has 0 radical (unpaired) electrons. The molecule has 0 amide bonds. The number of thiophene rings is 1. The van der Waals surface area contributed by atoms with Crippen LogP contribution in [0, 0.1) is 6.92 Å². The number of benzene rings is 2. The fourth-order valence-electron chi connectivity index (χ4n) is 2.29. The molecule has 21 heavy (non-hydrogen) atoms. The first kappa shape index (κ1) is 14.8. The molecule has 0 fully saturated rings. The lowest BCUT2D eigenvalue weighted by atomic mass is 10.1. The van der Waals surface area contributed by atoms with Gasteiger partial charge in [0.2, 0.25) is 0 Å². The molecule has 0 unspecified atom stereocenters. The zero-order valence-corrected chi connectivity index (χ0v) is 14.7. The Morgan fingerprint density at radius 2 is 1.90 bits per heavy atom. The summed E-state index contributed by atoms with van der Waals surface area (Å²) in [5, 5.41) is 0.783. The van der Waals surface area contributed by atoms with Crippen molar-refractivity contribution in [3.05, 3.63) is 80.1 Å². The number of rotatable bonds is 3. The van der Waals surface area contributed by atoms with Crippen LogP contribution in [0.5, 0.6) is 0 Å². The van der Waals surface area contributed by atoms with Crippen LogP contribution in [0.2, 0.25) is 5.02 Å². The first-order valence-electron chi connectivity index (χ1n) is 6.71. The standard InChI is InChI=1S/C18H14BrClS/c1-12-5-6-15(19)9-14(12)11-17-7-8-18(21-17)13-3-2-4-16(20)10-13/h2-10H,11H2,1H3. The van der Waals surface area contributed by atoms with Gasteiger partial charge in [-0.05, 0) is 60.0 Å². The average molecular weight is 378 g/mol. The van der Waals surface area contributed by atoms with Gasteiger partial charge in [-0.2, -0.15) is 0 Å². The van der Waals surface area contributed by atoms with Gasteiger partial charge in [-0.25, -0.2) is 0 Å².